The predicted molar refractivity (Wildman–Crippen MR) is 81.5 cm³/mol. The van der Waals surface area contributed by atoms with Crippen LogP contribution < -0.4 is 5.32 Å². The van der Waals surface area contributed by atoms with E-state index in [0.29, 0.717) is 10.7 Å². The number of aliphatic carboxylic acids is 1. The van der Waals surface area contributed by atoms with Crippen molar-refractivity contribution in [1.82, 2.24) is 4.98 Å². The second-order valence-corrected chi connectivity index (χ2v) is 6.11. The summed E-state index contributed by atoms with van der Waals surface area (Å²) < 4.78 is 13.0. The molecule has 2 aromatic rings. The Labute approximate surface area is 130 Å². The van der Waals surface area contributed by atoms with Crippen LogP contribution in [0.1, 0.15) is 29.2 Å². The van der Waals surface area contributed by atoms with Crippen LogP contribution in [0.25, 0.3) is 0 Å². The van der Waals surface area contributed by atoms with Crippen molar-refractivity contribution in [2.75, 3.05) is 5.32 Å². The molecule has 2 N–H and O–H groups in total. The Balaban J connectivity index is 2.07. The van der Waals surface area contributed by atoms with Crippen molar-refractivity contribution >= 4 is 28.3 Å². The Morgan fingerprint density at radius 2 is 2.00 bits per heavy atom. The normalized spacial score (nSPS) is 11.9. The molecule has 0 saturated carbocycles. The van der Waals surface area contributed by atoms with Crippen LogP contribution in [0, 0.1) is 12.7 Å². The van der Waals surface area contributed by atoms with Crippen LogP contribution in [0.2, 0.25) is 0 Å². The van der Waals surface area contributed by atoms with Crippen molar-refractivity contribution in [3.05, 3.63) is 46.7 Å². The lowest BCUT2D eigenvalue weighted by Crippen LogP contribution is -2.17. The van der Waals surface area contributed by atoms with Gasteiger partial charge in [0.1, 0.15) is 5.82 Å². The number of carbonyl (C=O) groups excluding carboxylic acids is 1. The molecule has 7 heteroatoms. The zero-order valence-electron chi connectivity index (χ0n) is 11.9. The molecule has 0 saturated heterocycles. The highest BCUT2D eigenvalue weighted by atomic mass is 32.1. The van der Waals surface area contributed by atoms with E-state index in [-0.39, 0.29) is 18.7 Å². The van der Waals surface area contributed by atoms with Crippen LogP contribution in [0.4, 0.5) is 9.52 Å². The largest absolute Gasteiger partial charge is 0.481 e. The molecule has 0 spiro atoms. The molecule has 0 radical (unpaired) electrons. The monoisotopic (exact) mass is 322 g/mol. The van der Waals surface area contributed by atoms with Gasteiger partial charge in [0.25, 0.3) is 0 Å². The number of hydrogen-bond acceptors (Lipinski definition) is 4. The van der Waals surface area contributed by atoms with Gasteiger partial charge in [0, 0.05) is 23.4 Å². The number of carboxylic acids is 1. The highest BCUT2D eigenvalue weighted by molar-refractivity contribution is 7.15. The Morgan fingerprint density at radius 3 is 2.55 bits per heavy atom. The summed E-state index contributed by atoms with van der Waals surface area (Å²) in [5.74, 6) is -2.24. The maximum absolute atomic E-state index is 13.0. The van der Waals surface area contributed by atoms with Crippen molar-refractivity contribution in [2.45, 2.75) is 25.7 Å². The molecule has 0 fully saturated rings. The van der Waals surface area contributed by atoms with Crippen LogP contribution in [0.3, 0.4) is 0 Å². The topological polar surface area (TPSA) is 79.3 Å². The molecule has 22 heavy (non-hydrogen) atoms. The van der Waals surface area contributed by atoms with Gasteiger partial charge in [0.05, 0.1) is 6.42 Å². The van der Waals surface area contributed by atoms with Gasteiger partial charge in [-0.2, -0.15) is 0 Å². The standard InChI is InChI=1S/C15H15FN2O3S/c1-9-8-17-15(22-9)18-13(19)6-11(7-14(20)21)10-2-4-12(16)5-3-10/h2-5,8,11H,6-7H2,1H3,(H,20,21)(H,17,18,19)/t11-/m1/s1. The average molecular weight is 322 g/mol. The Bertz CT molecular complexity index is 670. The Hall–Kier alpha value is -2.28. The number of amides is 1. The van der Waals surface area contributed by atoms with Crippen LogP contribution >= 0.6 is 11.3 Å². The smallest absolute Gasteiger partial charge is 0.303 e. The molecule has 5 nitrogen and oxygen atoms in total. The van der Waals surface area contributed by atoms with Crippen molar-refractivity contribution in [1.29, 1.82) is 0 Å². The minimum absolute atomic E-state index is 0.00341. The summed E-state index contributed by atoms with van der Waals surface area (Å²) in [4.78, 5) is 28.0. The number of carboxylic acid groups (broad SMARTS) is 1. The van der Waals surface area contributed by atoms with E-state index in [1.165, 1.54) is 35.6 Å². The molecule has 116 valence electrons. The van der Waals surface area contributed by atoms with Crippen molar-refractivity contribution in [3.63, 3.8) is 0 Å². The molecule has 1 amide bonds. The number of thiazole rings is 1. The number of aryl methyl sites for hydroxylation is 1. The van der Waals surface area contributed by atoms with Gasteiger partial charge in [-0.25, -0.2) is 9.37 Å². The van der Waals surface area contributed by atoms with Crippen LogP contribution in [-0.2, 0) is 9.59 Å². The number of benzene rings is 1. The van der Waals surface area contributed by atoms with E-state index in [4.69, 9.17) is 5.11 Å². The molecule has 0 aliphatic carbocycles. The number of nitrogens with zero attached hydrogens (tertiary/aromatic N) is 1. The molecule has 1 aromatic heterocycles. The molecule has 1 atom stereocenters. The summed E-state index contributed by atoms with van der Waals surface area (Å²) in [6.45, 7) is 1.87. The number of nitrogens with one attached hydrogen (secondary N) is 1. The Morgan fingerprint density at radius 1 is 1.32 bits per heavy atom. The highest BCUT2D eigenvalue weighted by Crippen LogP contribution is 2.25. The molecule has 2 rings (SSSR count). The SMILES string of the molecule is Cc1cnc(NC(=O)C[C@H](CC(=O)O)c2ccc(F)cc2)s1. The first-order valence-electron chi connectivity index (χ1n) is 6.63. The summed E-state index contributed by atoms with van der Waals surface area (Å²) in [6.07, 6.45) is 1.45. The van der Waals surface area contributed by atoms with Crippen LogP contribution in [0.5, 0.6) is 0 Å². The maximum Gasteiger partial charge on any atom is 0.303 e. The number of aromatic nitrogens is 1. The number of hydrogen-bond donors (Lipinski definition) is 2. The van der Waals surface area contributed by atoms with Gasteiger partial charge >= 0.3 is 5.97 Å². The molecule has 0 unspecified atom stereocenters. The Kier molecular flexibility index (Phi) is 5.21. The zero-order chi connectivity index (χ0) is 16.1. The van der Waals surface area contributed by atoms with Gasteiger partial charge in [-0.3, -0.25) is 9.59 Å². The van der Waals surface area contributed by atoms with Crippen molar-refractivity contribution in [3.8, 4) is 0 Å². The third-order valence-electron chi connectivity index (χ3n) is 3.06. The van der Waals surface area contributed by atoms with Gasteiger partial charge in [0.2, 0.25) is 5.91 Å². The molecule has 1 aromatic carbocycles. The lowest BCUT2D eigenvalue weighted by Gasteiger charge is -2.14. The summed E-state index contributed by atoms with van der Waals surface area (Å²) in [7, 11) is 0. The summed E-state index contributed by atoms with van der Waals surface area (Å²) >= 11 is 1.35. The third-order valence-corrected chi connectivity index (χ3v) is 3.89. The van der Waals surface area contributed by atoms with Gasteiger partial charge in [-0.1, -0.05) is 12.1 Å². The van der Waals surface area contributed by atoms with Crippen LogP contribution in [-0.4, -0.2) is 22.0 Å². The van der Waals surface area contributed by atoms with Gasteiger partial charge in [-0.05, 0) is 24.6 Å². The quantitative estimate of drug-likeness (QED) is 0.856. The molecule has 0 bridgehead atoms. The highest BCUT2D eigenvalue weighted by Gasteiger charge is 2.20. The first kappa shape index (κ1) is 16.1. The molecular weight excluding hydrogens is 307 g/mol. The van der Waals surface area contributed by atoms with E-state index in [9.17, 15) is 14.0 Å². The molecule has 0 aliphatic heterocycles. The lowest BCUT2D eigenvalue weighted by molar-refractivity contribution is -0.137. The summed E-state index contributed by atoms with van der Waals surface area (Å²) in [5.41, 5.74) is 0.620. The minimum Gasteiger partial charge on any atom is -0.481 e. The van der Waals surface area contributed by atoms with E-state index in [1.807, 2.05) is 6.92 Å². The fourth-order valence-corrected chi connectivity index (χ4v) is 2.74. The molecule has 1 heterocycles. The number of anilines is 1. The summed E-state index contributed by atoms with van der Waals surface area (Å²) in [5, 5.41) is 12.1. The second kappa shape index (κ2) is 7.13. The molecule has 0 aliphatic rings. The van der Waals surface area contributed by atoms with Gasteiger partial charge in [-0.15, -0.1) is 11.3 Å². The fraction of sp³-hybridized carbons (Fsp3) is 0.267. The van der Waals surface area contributed by atoms with Crippen molar-refractivity contribution < 1.29 is 19.1 Å². The number of carbonyl (C=O) groups is 2. The average Bonchev–Trinajstić information content (AvgIpc) is 2.83. The fourth-order valence-electron chi connectivity index (χ4n) is 2.06. The van der Waals surface area contributed by atoms with E-state index < -0.39 is 17.7 Å². The summed E-state index contributed by atoms with van der Waals surface area (Å²) in [6, 6.07) is 5.52. The maximum atomic E-state index is 13.0. The van der Waals surface area contributed by atoms with Gasteiger partial charge < -0.3 is 10.4 Å². The predicted octanol–water partition coefficient (Wildman–Crippen LogP) is 3.18. The van der Waals surface area contributed by atoms with E-state index in [2.05, 4.69) is 10.3 Å². The number of rotatable bonds is 6. The first-order chi connectivity index (χ1) is 10.4. The first-order valence-corrected chi connectivity index (χ1v) is 7.45. The van der Waals surface area contributed by atoms with Crippen molar-refractivity contribution in [2.24, 2.45) is 0 Å². The lowest BCUT2D eigenvalue weighted by atomic mass is 9.92. The zero-order valence-corrected chi connectivity index (χ0v) is 12.7. The molecular formula is C15H15FN2O3S. The van der Waals surface area contributed by atoms with Crippen LogP contribution in [0.15, 0.2) is 30.5 Å². The van der Waals surface area contributed by atoms with Gasteiger partial charge in [0.15, 0.2) is 5.13 Å². The number of halogens is 1. The van der Waals surface area contributed by atoms with E-state index in [1.54, 1.807) is 6.20 Å². The van der Waals surface area contributed by atoms with E-state index >= 15 is 0 Å². The van der Waals surface area contributed by atoms with E-state index in [0.717, 1.165) is 4.88 Å². The second-order valence-electron chi connectivity index (χ2n) is 4.87. The minimum atomic E-state index is -1.01. The third kappa shape index (κ3) is 4.63.